The zero-order chi connectivity index (χ0) is 12.0. The number of ketones is 1. The van der Waals surface area contributed by atoms with Crippen LogP contribution in [0.5, 0.6) is 0 Å². The summed E-state index contributed by atoms with van der Waals surface area (Å²) in [5.41, 5.74) is 0. The summed E-state index contributed by atoms with van der Waals surface area (Å²) in [6.45, 7) is 0.0880. The standard InChI is InChI=1S/C11H18O5/c1-14-10-6-7-11(15-2,16-10)9(13)5-3-4-8-12/h6-7,10,12H,3-5,8H2,1-2H3. The summed E-state index contributed by atoms with van der Waals surface area (Å²) in [4.78, 5) is 11.9. The van der Waals surface area contributed by atoms with Gasteiger partial charge in [-0.05, 0) is 25.0 Å². The molecule has 5 nitrogen and oxygen atoms in total. The summed E-state index contributed by atoms with van der Waals surface area (Å²) in [5, 5.41) is 8.64. The predicted octanol–water partition coefficient (Wildman–Crippen LogP) is 0.620. The van der Waals surface area contributed by atoms with E-state index < -0.39 is 12.1 Å². The van der Waals surface area contributed by atoms with Crippen molar-refractivity contribution >= 4 is 5.78 Å². The van der Waals surface area contributed by atoms with Gasteiger partial charge < -0.3 is 19.3 Å². The smallest absolute Gasteiger partial charge is 0.251 e. The number of carbonyl (C=O) groups excluding carboxylic acids is 1. The molecule has 2 atom stereocenters. The second kappa shape index (κ2) is 6.10. The van der Waals surface area contributed by atoms with Gasteiger partial charge in [-0.2, -0.15) is 0 Å². The SMILES string of the molecule is COC1C=CC(OC)(C(=O)CCCCO)O1. The van der Waals surface area contributed by atoms with E-state index in [1.165, 1.54) is 14.2 Å². The minimum atomic E-state index is -1.31. The minimum Gasteiger partial charge on any atom is -0.396 e. The van der Waals surface area contributed by atoms with Crippen LogP contribution in [0, 0.1) is 0 Å². The largest absolute Gasteiger partial charge is 0.396 e. The van der Waals surface area contributed by atoms with Crippen molar-refractivity contribution in [3.8, 4) is 0 Å². The highest BCUT2D eigenvalue weighted by Crippen LogP contribution is 2.27. The maximum atomic E-state index is 11.9. The van der Waals surface area contributed by atoms with Crippen LogP contribution in [0.3, 0.4) is 0 Å². The molecule has 0 saturated heterocycles. The number of hydrogen-bond donors (Lipinski definition) is 1. The molecule has 2 unspecified atom stereocenters. The number of Topliss-reactive ketones (excluding diaryl/α,β-unsaturated/α-hetero) is 1. The second-order valence-corrected chi connectivity index (χ2v) is 3.56. The van der Waals surface area contributed by atoms with Crippen LogP contribution in [-0.2, 0) is 19.0 Å². The van der Waals surface area contributed by atoms with E-state index in [-0.39, 0.29) is 12.4 Å². The van der Waals surface area contributed by atoms with E-state index in [2.05, 4.69) is 0 Å². The number of ether oxygens (including phenoxy) is 3. The molecule has 0 aliphatic carbocycles. The van der Waals surface area contributed by atoms with Crippen molar-refractivity contribution in [3.05, 3.63) is 12.2 Å². The lowest BCUT2D eigenvalue weighted by Gasteiger charge is -2.25. The van der Waals surface area contributed by atoms with Crippen LogP contribution in [0.2, 0.25) is 0 Å². The van der Waals surface area contributed by atoms with E-state index in [0.29, 0.717) is 19.3 Å². The molecule has 0 amide bonds. The third-order valence-corrected chi connectivity index (χ3v) is 2.50. The van der Waals surface area contributed by atoms with Crippen molar-refractivity contribution in [2.45, 2.75) is 31.3 Å². The van der Waals surface area contributed by atoms with Gasteiger partial charge in [-0.3, -0.25) is 4.79 Å². The van der Waals surface area contributed by atoms with Gasteiger partial charge in [-0.1, -0.05) is 0 Å². The maximum absolute atomic E-state index is 11.9. The summed E-state index contributed by atoms with van der Waals surface area (Å²) in [5.74, 6) is -1.46. The van der Waals surface area contributed by atoms with Crippen LogP contribution in [0.4, 0.5) is 0 Å². The molecule has 0 aromatic carbocycles. The predicted molar refractivity (Wildman–Crippen MR) is 56.7 cm³/mol. The van der Waals surface area contributed by atoms with Crippen LogP contribution in [0.15, 0.2) is 12.2 Å². The highest BCUT2D eigenvalue weighted by Gasteiger charge is 2.42. The van der Waals surface area contributed by atoms with Gasteiger partial charge in [0.15, 0.2) is 12.1 Å². The van der Waals surface area contributed by atoms with Gasteiger partial charge in [0, 0.05) is 27.2 Å². The highest BCUT2D eigenvalue weighted by atomic mass is 16.8. The molecule has 0 aromatic rings. The Balaban J connectivity index is 2.54. The number of methoxy groups -OCH3 is 2. The molecule has 5 heteroatoms. The number of aliphatic hydroxyl groups excluding tert-OH is 1. The van der Waals surface area contributed by atoms with E-state index >= 15 is 0 Å². The molecule has 0 radical (unpaired) electrons. The molecule has 1 N–H and O–H groups in total. The third kappa shape index (κ3) is 2.89. The number of carbonyl (C=O) groups is 1. The van der Waals surface area contributed by atoms with E-state index in [9.17, 15) is 4.79 Å². The Morgan fingerprint density at radius 2 is 2.25 bits per heavy atom. The Hall–Kier alpha value is -0.750. The molecule has 92 valence electrons. The lowest BCUT2D eigenvalue weighted by Crippen LogP contribution is -2.41. The molecule has 0 spiro atoms. The highest BCUT2D eigenvalue weighted by molar-refractivity contribution is 5.88. The Bertz CT molecular complexity index is 263. The Morgan fingerprint density at radius 3 is 2.75 bits per heavy atom. The van der Waals surface area contributed by atoms with Crippen molar-refractivity contribution in [2.75, 3.05) is 20.8 Å². The minimum absolute atomic E-state index is 0.0880. The van der Waals surface area contributed by atoms with Crippen LogP contribution < -0.4 is 0 Å². The number of unbranched alkanes of at least 4 members (excludes halogenated alkanes) is 1. The molecule has 0 fully saturated rings. The van der Waals surface area contributed by atoms with Crippen LogP contribution in [0.1, 0.15) is 19.3 Å². The van der Waals surface area contributed by atoms with E-state index in [4.69, 9.17) is 19.3 Å². The summed E-state index contributed by atoms with van der Waals surface area (Å²) in [6.07, 6.45) is 4.21. The first-order valence-corrected chi connectivity index (χ1v) is 5.28. The van der Waals surface area contributed by atoms with Gasteiger partial charge >= 0.3 is 0 Å². The van der Waals surface area contributed by atoms with Gasteiger partial charge in [0.2, 0.25) is 0 Å². The van der Waals surface area contributed by atoms with Crippen LogP contribution in [-0.4, -0.2) is 43.8 Å². The van der Waals surface area contributed by atoms with Gasteiger partial charge in [0.25, 0.3) is 5.79 Å². The fourth-order valence-corrected chi connectivity index (χ4v) is 1.54. The van der Waals surface area contributed by atoms with Crippen LogP contribution in [0.25, 0.3) is 0 Å². The molecule has 1 aliphatic heterocycles. The summed E-state index contributed by atoms with van der Waals surface area (Å²) in [7, 11) is 2.92. The molecule has 0 bridgehead atoms. The first kappa shape index (κ1) is 13.3. The van der Waals surface area contributed by atoms with Gasteiger partial charge in [-0.15, -0.1) is 0 Å². The fraction of sp³-hybridized carbons (Fsp3) is 0.727. The molecule has 0 saturated carbocycles. The van der Waals surface area contributed by atoms with Crippen molar-refractivity contribution < 1.29 is 24.1 Å². The summed E-state index contributed by atoms with van der Waals surface area (Å²) in [6, 6.07) is 0. The molecule has 0 aromatic heterocycles. The summed E-state index contributed by atoms with van der Waals surface area (Å²) >= 11 is 0. The zero-order valence-corrected chi connectivity index (χ0v) is 9.64. The van der Waals surface area contributed by atoms with Crippen LogP contribution >= 0.6 is 0 Å². The number of aliphatic hydroxyl groups is 1. The maximum Gasteiger partial charge on any atom is 0.251 e. The molecule has 1 heterocycles. The molecule has 16 heavy (non-hydrogen) atoms. The lowest BCUT2D eigenvalue weighted by molar-refractivity contribution is -0.234. The van der Waals surface area contributed by atoms with Crippen molar-refractivity contribution in [2.24, 2.45) is 0 Å². The lowest BCUT2D eigenvalue weighted by atomic mass is 10.1. The monoisotopic (exact) mass is 230 g/mol. The Labute approximate surface area is 95.0 Å². The molecule has 1 rings (SSSR count). The topological polar surface area (TPSA) is 65.0 Å². The van der Waals surface area contributed by atoms with E-state index in [0.717, 1.165) is 0 Å². The molecule has 1 aliphatic rings. The number of rotatable bonds is 7. The zero-order valence-electron chi connectivity index (χ0n) is 9.64. The molecular formula is C11H18O5. The fourth-order valence-electron chi connectivity index (χ4n) is 1.54. The van der Waals surface area contributed by atoms with E-state index in [1.54, 1.807) is 12.2 Å². The molecular weight excluding hydrogens is 212 g/mol. The normalized spacial score (nSPS) is 28.6. The Kier molecular flexibility index (Phi) is 5.08. The first-order chi connectivity index (χ1) is 7.68. The summed E-state index contributed by atoms with van der Waals surface area (Å²) < 4.78 is 15.5. The quantitative estimate of drug-likeness (QED) is 0.513. The van der Waals surface area contributed by atoms with E-state index in [1.807, 2.05) is 0 Å². The Morgan fingerprint density at radius 1 is 1.50 bits per heavy atom. The number of hydrogen-bond acceptors (Lipinski definition) is 5. The average molecular weight is 230 g/mol. The third-order valence-electron chi connectivity index (χ3n) is 2.50. The first-order valence-electron chi connectivity index (χ1n) is 5.28. The average Bonchev–Trinajstić information content (AvgIpc) is 2.74. The van der Waals surface area contributed by atoms with Crippen molar-refractivity contribution in [3.63, 3.8) is 0 Å². The van der Waals surface area contributed by atoms with Gasteiger partial charge in [0.1, 0.15) is 0 Å². The van der Waals surface area contributed by atoms with Gasteiger partial charge in [-0.25, -0.2) is 0 Å². The van der Waals surface area contributed by atoms with Crippen molar-refractivity contribution in [1.29, 1.82) is 0 Å². The second-order valence-electron chi connectivity index (χ2n) is 3.56. The van der Waals surface area contributed by atoms with Gasteiger partial charge in [0.05, 0.1) is 0 Å². The van der Waals surface area contributed by atoms with Crippen molar-refractivity contribution in [1.82, 2.24) is 0 Å².